The minimum atomic E-state index is 0.368. The van der Waals surface area contributed by atoms with Gasteiger partial charge in [-0.15, -0.1) is 0 Å². The van der Waals surface area contributed by atoms with Crippen LogP contribution in [-0.4, -0.2) is 24.2 Å². The first kappa shape index (κ1) is 15.7. The lowest BCUT2D eigenvalue weighted by atomic mass is 10.1. The van der Waals surface area contributed by atoms with E-state index in [2.05, 4.69) is 34.6 Å². The molecule has 0 aliphatic carbocycles. The third-order valence-electron chi connectivity index (χ3n) is 3.93. The van der Waals surface area contributed by atoms with Gasteiger partial charge in [0, 0.05) is 24.3 Å². The summed E-state index contributed by atoms with van der Waals surface area (Å²) < 4.78 is 5.91. The van der Waals surface area contributed by atoms with Crippen LogP contribution in [0.1, 0.15) is 12.0 Å². The predicted octanol–water partition coefficient (Wildman–Crippen LogP) is 3.80. The van der Waals surface area contributed by atoms with E-state index in [0.717, 1.165) is 19.5 Å². The molecule has 1 N–H and O–H groups in total. The summed E-state index contributed by atoms with van der Waals surface area (Å²) in [5, 5.41) is 5.73. The van der Waals surface area contributed by atoms with Crippen molar-refractivity contribution in [1.82, 2.24) is 10.3 Å². The minimum absolute atomic E-state index is 0.368. The van der Waals surface area contributed by atoms with Crippen LogP contribution in [0.5, 0.6) is 0 Å². The fourth-order valence-corrected chi connectivity index (χ4v) is 2.68. The first-order valence-electron chi connectivity index (χ1n) is 8.07. The smallest absolute Gasteiger partial charge is 0.0727 e. The molecular formula is C20H22N2O. The summed E-state index contributed by atoms with van der Waals surface area (Å²) in [6.07, 6.45) is 5.22. The molecule has 3 heteroatoms. The third kappa shape index (κ3) is 4.62. The number of hydrogen-bond donors (Lipinski definition) is 1. The van der Waals surface area contributed by atoms with E-state index >= 15 is 0 Å². The number of nitrogens with zero attached hydrogens (tertiary/aromatic N) is 1. The zero-order valence-corrected chi connectivity index (χ0v) is 13.2. The number of nitrogens with one attached hydrogen (secondary N) is 1. The molecule has 1 aliphatic rings. The lowest BCUT2D eigenvalue weighted by molar-refractivity contribution is 0.0549. The molecule has 1 aromatic heterocycles. The molecule has 3 nitrogen and oxygen atoms in total. The van der Waals surface area contributed by atoms with Gasteiger partial charge in [-0.3, -0.25) is 4.98 Å². The Morgan fingerprint density at radius 1 is 1.00 bits per heavy atom. The predicted molar refractivity (Wildman–Crippen MR) is 94.2 cm³/mol. The van der Waals surface area contributed by atoms with Crippen LogP contribution in [-0.2, 0) is 11.3 Å². The van der Waals surface area contributed by atoms with Crippen LogP contribution in [0.25, 0.3) is 10.8 Å². The van der Waals surface area contributed by atoms with E-state index in [9.17, 15) is 0 Å². The van der Waals surface area contributed by atoms with Crippen molar-refractivity contribution in [3.05, 3.63) is 78.6 Å². The van der Waals surface area contributed by atoms with E-state index in [1.54, 1.807) is 0 Å². The highest BCUT2D eigenvalue weighted by atomic mass is 16.5. The number of ether oxygens (including phenoxy) is 1. The molecule has 0 bridgehead atoms. The van der Waals surface area contributed by atoms with Crippen molar-refractivity contribution in [2.24, 2.45) is 0 Å². The Hall–Kier alpha value is -2.23. The summed E-state index contributed by atoms with van der Waals surface area (Å²) in [7, 11) is 0. The van der Waals surface area contributed by atoms with E-state index < -0.39 is 0 Å². The maximum atomic E-state index is 5.91. The molecule has 118 valence electrons. The average molecular weight is 306 g/mol. The Labute approximate surface area is 137 Å². The molecule has 0 saturated carbocycles. The lowest BCUT2D eigenvalue weighted by Crippen LogP contribution is -2.16. The van der Waals surface area contributed by atoms with Crippen molar-refractivity contribution in [2.75, 3.05) is 13.1 Å². The maximum Gasteiger partial charge on any atom is 0.0727 e. The van der Waals surface area contributed by atoms with Gasteiger partial charge >= 0.3 is 0 Å². The van der Waals surface area contributed by atoms with Crippen LogP contribution < -0.4 is 5.32 Å². The monoisotopic (exact) mass is 306 g/mol. The Morgan fingerprint density at radius 2 is 1.78 bits per heavy atom. The number of hydrogen-bond acceptors (Lipinski definition) is 3. The second-order valence-corrected chi connectivity index (χ2v) is 5.59. The topological polar surface area (TPSA) is 34.1 Å². The van der Waals surface area contributed by atoms with Crippen LogP contribution in [0.3, 0.4) is 0 Å². The maximum absolute atomic E-state index is 5.91. The second kappa shape index (κ2) is 8.42. The molecule has 1 fully saturated rings. The average Bonchev–Trinajstić information content (AvgIpc) is 3.15. The molecule has 1 atom stereocenters. The highest BCUT2D eigenvalue weighted by Crippen LogP contribution is 2.19. The van der Waals surface area contributed by atoms with E-state index in [1.807, 2.05) is 48.8 Å². The summed E-state index contributed by atoms with van der Waals surface area (Å²) in [6, 6.07) is 20.3. The molecule has 2 heterocycles. The first-order valence-corrected chi connectivity index (χ1v) is 8.07. The number of pyridine rings is 1. The van der Waals surface area contributed by atoms with Crippen molar-refractivity contribution in [2.45, 2.75) is 19.1 Å². The molecular weight excluding hydrogens is 284 g/mol. The van der Waals surface area contributed by atoms with Crippen LogP contribution in [0.15, 0.2) is 73.1 Å². The van der Waals surface area contributed by atoms with Gasteiger partial charge in [-0.05, 0) is 30.0 Å². The Bertz CT molecular complexity index is 677. The van der Waals surface area contributed by atoms with E-state index in [-0.39, 0.29) is 0 Å². The van der Waals surface area contributed by atoms with Gasteiger partial charge in [-0.25, -0.2) is 0 Å². The van der Waals surface area contributed by atoms with E-state index in [4.69, 9.17) is 4.74 Å². The van der Waals surface area contributed by atoms with Crippen molar-refractivity contribution in [3.63, 3.8) is 0 Å². The summed E-state index contributed by atoms with van der Waals surface area (Å²) in [5.74, 6) is 0. The highest BCUT2D eigenvalue weighted by Gasteiger charge is 2.14. The van der Waals surface area contributed by atoms with Gasteiger partial charge in [-0.2, -0.15) is 0 Å². The van der Waals surface area contributed by atoms with Crippen LogP contribution >= 0.6 is 0 Å². The Morgan fingerprint density at radius 3 is 2.48 bits per heavy atom. The molecule has 3 aromatic rings. The van der Waals surface area contributed by atoms with Crippen LogP contribution in [0, 0.1) is 0 Å². The lowest BCUT2D eigenvalue weighted by Gasteiger charge is -2.12. The van der Waals surface area contributed by atoms with E-state index in [1.165, 1.54) is 16.3 Å². The zero-order chi connectivity index (χ0) is 15.7. The number of aromatic nitrogens is 1. The molecule has 1 aliphatic heterocycles. The largest absolute Gasteiger partial charge is 0.372 e. The summed E-state index contributed by atoms with van der Waals surface area (Å²) >= 11 is 0. The number of rotatable bonds is 3. The molecule has 0 spiro atoms. The van der Waals surface area contributed by atoms with Crippen LogP contribution in [0.2, 0.25) is 0 Å². The summed E-state index contributed by atoms with van der Waals surface area (Å²) in [6.45, 7) is 2.74. The fraction of sp³-hybridized carbons (Fsp3) is 0.250. The normalized spacial score (nSPS) is 16.8. The summed E-state index contributed by atoms with van der Waals surface area (Å²) in [4.78, 5) is 4.14. The van der Waals surface area contributed by atoms with Gasteiger partial charge in [0.2, 0.25) is 0 Å². The van der Waals surface area contributed by atoms with E-state index in [0.29, 0.717) is 12.7 Å². The van der Waals surface area contributed by atoms with Crippen molar-refractivity contribution in [1.29, 1.82) is 0 Å². The molecule has 0 radical (unpaired) electrons. The molecule has 23 heavy (non-hydrogen) atoms. The molecule has 4 rings (SSSR count). The second-order valence-electron chi connectivity index (χ2n) is 5.59. The molecule has 1 saturated heterocycles. The van der Waals surface area contributed by atoms with Gasteiger partial charge in [-0.1, -0.05) is 54.6 Å². The SMILES string of the molecule is c1cc(COC2CCNC2)c2ccncc2c1.c1ccccc1. The molecule has 1 unspecified atom stereocenters. The van der Waals surface area contributed by atoms with Gasteiger partial charge in [0.1, 0.15) is 0 Å². The number of fused-ring (bicyclic) bond motifs is 1. The molecule has 0 amide bonds. The zero-order valence-electron chi connectivity index (χ0n) is 13.2. The summed E-state index contributed by atoms with van der Waals surface area (Å²) in [5.41, 5.74) is 1.25. The number of benzene rings is 2. The van der Waals surface area contributed by atoms with Gasteiger partial charge < -0.3 is 10.1 Å². The highest BCUT2D eigenvalue weighted by molar-refractivity contribution is 5.84. The van der Waals surface area contributed by atoms with Gasteiger partial charge in [0.25, 0.3) is 0 Å². The van der Waals surface area contributed by atoms with Crippen molar-refractivity contribution >= 4 is 10.8 Å². The third-order valence-corrected chi connectivity index (χ3v) is 3.93. The molecule has 2 aromatic carbocycles. The standard InChI is InChI=1S/C14H16N2O.C6H6/c1-2-11-8-15-7-5-14(11)12(3-1)10-17-13-4-6-16-9-13;1-2-4-6-5-3-1/h1-3,5,7-8,13,16H,4,6,9-10H2;1-6H. The Balaban J connectivity index is 0.000000220. The first-order chi connectivity index (χ1) is 11.4. The minimum Gasteiger partial charge on any atom is -0.372 e. The van der Waals surface area contributed by atoms with Gasteiger partial charge in [0.05, 0.1) is 12.7 Å². The van der Waals surface area contributed by atoms with Crippen LogP contribution in [0.4, 0.5) is 0 Å². The Kier molecular flexibility index (Phi) is 5.73. The fourth-order valence-electron chi connectivity index (χ4n) is 2.68. The van der Waals surface area contributed by atoms with Crippen molar-refractivity contribution in [3.8, 4) is 0 Å². The quantitative estimate of drug-likeness (QED) is 0.799. The van der Waals surface area contributed by atoms with Gasteiger partial charge in [0.15, 0.2) is 0 Å². The van der Waals surface area contributed by atoms with Crippen molar-refractivity contribution < 1.29 is 4.74 Å².